The zero-order valence-corrected chi connectivity index (χ0v) is 25.7. The molecule has 0 N–H and O–H groups in total. The Labute approximate surface area is 275 Å². The molecule has 0 fully saturated rings. The monoisotopic (exact) mass is 638 g/mol. The smallest absolute Gasteiger partial charge is 0.271 e. The van der Waals surface area contributed by atoms with Crippen LogP contribution in [0.5, 0.6) is 17.2 Å². The summed E-state index contributed by atoms with van der Waals surface area (Å²) in [5.74, 6) is 0.151. The third kappa shape index (κ3) is 5.92. The van der Waals surface area contributed by atoms with E-state index in [-0.39, 0.29) is 42.5 Å². The quantitative estimate of drug-likeness (QED) is 0.136. The molecule has 7 rings (SSSR count). The predicted molar refractivity (Wildman–Crippen MR) is 174 cm³/mol. The van der Waals surface area contributed by atoms with E-state index in [2.05, 4.69) is 0 Å². The summed E-state index contributed by atoms with van der Waals surface area (Å²) < 4.78 is 32.0. The molecule has 236 valence electrons. The Morgan fingerprint density at radius 3 is 2.48 bits per heavy atom. The second-order valence-electron chi connectivity index (χ2n) is 11.2. The molecule has 5 aromatic rings. The number of aromatic nitrogens is 2. The van der Waals surface area contributed by atoms with E-state index in [9.17, 15) is 19.2 Å². The van der Waals surface area contributed by atoms with Crippen molar-refractivity contribution in [2.45, 2.75) is 20.1 Å². The lowest BCUT2D eigenvalue weighted by Crippen LogP contribution is -2.42. The summed E-state index contributed by atoms with van der Waals surface area (Å²) in [6.45, 7) is 1.87. The van der Waals surface area contributed by atoms with E-state index < -0.39 is 11.8 Å². The Morgan fingerprint density at radius 2 is 1.69 bits per heavy atom. The van der Waals surface area contributed by atoms with Gasteiger partial charge in [-0.3, -0.25) is 14.5 Å². The third-order valence-corrected chi connectivity index (χ3v) is 8.09. The minimum Gasteiger partial charge on any atom is -0.489 e. The van der Waals surface area contributed by atoms with Crippen molar-refractivity contribution < 1.29 is 28.2 Å². The summed E-state index contributed by atoms with van der Waals surface area (Å²) in [7, 11) is 0. The Balaban J connectivity index is 1.27. The maximum Gasteiger partial charge on any atom is 0.271 e. The topological polar surface area (TPSA) is 107 Å². The van der Waals surface area contributed by atoms with Crippen LogP contribution in [0.2, 0.25) is 0 Å². The van der Waals surface area contributed by atoms with Gasteiger partial charge in [-0.25, -0.2) is 9.07 Å². The highest BCUT2D eigenvalue weighted by Crippen LogP contribution is 2.35. The lowest BCUT2D eigenvalue weighted by molar-refractivity contribution is -0.141. The van der Waals surface area contributed by atoms with E-state index in [1.54, 1.807) is 54.2 Å². The van der Waals surface area contributed by atoms with Crippen LogP contribution in [0.4, 0.5) is 4.39 Å². The SMILES string of the molecule is CC1=C(C#N)C(=O)N(Cc2ccc3c(c2)OCO3)C(=O)/C1=C/c1cn(-c2ccccc2)nc1-c1cccc(OCc2ccc(F)cc2)c1. The number of para-hydroxylation sites is 1. The molecule has 1 aromatic heterocycles. The van der Waals surface area contributed by atoms with Gasteiger partial charge in [-0.15, -0.1) is 0 Å². The first-order valence-electron chi connectivity index (χ1n) is 15.1. The first-order chi connectivity index (χ1) is 23.4. The zero-order chi connectivity index (χ0) is 33.2. The van der Waals surface area contributed by atoms with E-state index in [4.69, 9.17) is 19.3 Å². The molecule has 48 heavy (non-hydrogen) atoms. The molecule has 2 aliphatic rings. The molecule has 0 atom stereocenters. The van der Waals surface area contributed by atoms with Crippen molar-refractivity contribution in [2.24, 2.45) is 0 Å². The Bertz CT molecular complexity index is 2160. The summed E-state index contributed by atoms with van der Waals surface area (Å²) in [6, 6.07) is 30.2. The summed E-state index contributed by atoms with van der Waals surface area (Å²) in [4.78, 5) is 28.5. The van der Waals surface area contributed by atoms with E-state index in [1.165, 1.54) is 12.1 Å². The molecular weight excluding hydrogens is 611 g/mol. The van der Waals surface area contributed by atoms with Crippen LogP contribution in [-0.2, 0) is 22.7 Å². The number of rotatable bonds is 8. The Morgan fingerprint density at radius 1 is 0.917 bits per heavy atom. The first-order valence-corrected chi connectivity index (χ1v) is 15.1. The zero-order valence-electron chi connectivity index (χ0n) is 25.7. The molecule has 0 aliphatic carbocycles. The Hall–Kier alpha value is -6.47. The van der Waals surface area contributed by atoms with Crippen molar-refractivity contribution in [2.75, 3.05) is 6.79 Å². The van der Waals surface area contributed by atoms with Crippen molar-refractivity contribution >= 4 is 17.9 Å². The van der Waals surface area contributed by atoms with Crippen molar-refractivity contribution in [1.82, 2.24) is 14.7 Å². The third-order valence-electron chi connectivity index (χ3n) is 8.09. The van der Waals surface area contributed by atoms with Gasteiger partial charge in [0.2, 0.25) is 6.79 Å². The van der Waals surface area contributed by atoms with Crippen LogP contribution in [0.1, 0.15) is 23.6 Å². The van der Waals surface area contributed by atoms with Crippen LogP contribution >= 0.6 is 0 Å². The van der Waals surface area contributed by atoms with Gasteiger partial charge in [0.15, 0.2) is 11.5 Å². The van der Waals surface area contributed by atoms with Gasteiger partial charge < -0.3 is 14.2 Å². The molecule has 4 aromatic carbocycles. The number of amides is 2. The first kappa shape index (κ1) is 30.2. The summed E-state index contributed by atoms with van der Waals surface area (Å²) in [5, 5.41) is 14.9. The fourth-order valence-electron chi connectivity index (χ4n) is 5.56. The van der Waals surface area contributed by atoms with Crippen molar-refractivity contribution in [3.8, 4) is 40.3 Å². The van der Waals surface area contributed by atoms with Crippen LogP contribution in [0.25, 0.3) is 23.0 Å². The van der Waals surface area contributed by atoms with E-state index in [0.29, 0.717) is 39.6 Å². The fraction of sp³-hybridized carbons (Fsp3) is 0.105. The molecule has 0 bridgehead atoms. The lowest BCUT2D eigenvalue weighted by atomic mass is 9.93. The van der Waals surface area contributed by atoms with Crippen LogP contribution in [0.15, 0.2) is 120 Å². The highest BCUT2D eigenvalue weighted by atomic mass is 19.1. The standard InChI is InChI=1S/C38H27FN4O5/c1-24-32(37(44)42(38(45)33(24)19-40)20-26-12-15-34-35(16-26)48-23-47-34)18-28-21-43(30-7-3-2-4-8-30)41-36(28)27-6-5-9-31(17-27)46-22-25-10-13-29(39)14-11-25/h2-18,21H,20,22-23H2,1H3/b32-18+. The van der Waals surface area contributed by atoms with Gasteiger partial charge in [0.25, 0.3) is 11.8 Å². The number of nitrogens with zero attached hydrogens (tertiary/aromatic N) is 4. The minimum absolute atomic E-state index is 0.0618. The fourth-order valence-corrected chi connectivity index (χ4v) is 5.56. The van der Waals surface area contributed by atoms with Crippen LogP contribution in [0.3, 0.4) is 0 Å². The number of hydrogen-bond donors (Lipinski definition) is 0. The summed E-state index contributed by atoms with van der Waals surface area (Å²) in [6.07, 6.45) is 3.47. The van der Waals surface area contributed by atoms with Crippen molar-refractivity contribution in [3.63, 3.8) is 0 Å². The second kappa shape index (κ2) is 12.7. The average molecular weight is 639 g/mol. The highest BCUT2D eigenvalue weighted by molar-refractivity contribution is 6.19. The van der Waals surface area contributed by atoms with Gasteiger partial charge in [0, 0.05) is 22.9 Å². The second-order valence-corrected chi connectivity index (χ2v) is 11.2. The number of imide groups is 1. The number of benzene rings is 4. The molecule has 0 unspecified atom stereocenters. The van der Waals surface area contributed by atoms with Crippen LogP contribution < -0.4 is 14.2 Å². The average Bonchev–Trinajstić information content (AvgIpc) is 3.76. The number of carbonyl (C=O) groups excluding carboxylic acids is 2. The molecule has 0 saturated carbocycles. The maximum absolute atomic E-state index is 14.0. The minimum atomic E-state index is -0.666. The number of ether oxygens (including phenoxy) is 3. The molecule has 9 nitrogen and oxygen atoms in total. The van der Waals surface area contributed by atoms with Gasteiger partial charge >= 0.3 is 0 Å². The number of halogens is 1. The van der Waals surface area contributed by atoms with Gasteiger partial charge in [0.05, 0.1) is 12.2 Å². The summed E-state index contributed by atoms with van der Waals surface area (Å²) >= 11 is 0. The van der Waals surface area contributed by atoms with Gasteiger partial charge in [-0.05, 0) is 78.2 Å². The van der Waals surface area contributed by atoms with Gasteiger partial charge in [0.1, 0.15) is 35.5 Å². The maximum atomic E-state index is 14.0. The van der Waals surface area contributed by atoms with Crippen molar-refractivity contribution in [1.29, 1.82) is 5.26 Å². The normalized spacial score (nSPS) is 14.9. The molecule has 0 saturated heterocycles. The number of hydrogen-bond acceptors (Lipinski definition) is 7. The highest BCUT2D eigenvalue weighted by Gasteiger charge is 2.36. The van der Waals surface area contributed by atoms with Gasteiger partial charge in [-0.1, -0.05) is 48.5 Å². The molecule has 0 radical (unpaired) electrons. The molecule has 2 aliphatic heterocycles. The van der Waals surface area contributed by atoms with E-state index >= 15 is 0 Å². The van der Waals surface area contributed by atoms with E-state index in [0.717, 1.165) is 16.2 Å². The molecule has 0 spiro atoms. The summed E-state index contributed by atoms with van der Waals surface area (Å²) in [5.41, 5.74) is 4.48. The largest absolute Gasteiger partial charge is 0.489 e. The van der Waals surface area contributed by atoms with Gasteiger partial charge in [-0.2, -0.15) is 10.4 Å². The Kier molecular flexibility index (Phi) is 8.01. The number of nitriles is 1. The number of fused-ring (bicyclic) bond motifs is 1. The molecule has 2 amide bonds. The van der Waals surface area contributed by atoms with E-state index in [1.807, 2.05) is 60.7 Å². The molecular formula is C38H27FN4O5. The molecule has 3 heterocycles. The lowest BCUT2D eigenvalue weighted by Gasteiger charge is -2.27. The van der Waals surface area contributed by atoms with Crippen molar-refractivity contribution in [3.05, 3.63) is 142 Å². The van der Waals surface area contributed by atoms with Crippen LogP contribution in [-0.4, -0.2) is 33.3 Å². The predicted octanol–water partition coefficient (Wildman–Crippen LogP) is 6.78. The van der Waals surface area contributed by atoms with Crippen LogP contribution in [0, 0.1) is 17.1 Å². The number of carbonyl (C=O) groups is 2. The molecule has 10 heteroatoms.